The van der Waals surface area contributed by atoms with Crippen LogP contribution < -0.4 is 16.8 Å². The number of benzene rings is 1. The SMILES string of the molecule is N#CC1(c2ccc3c(NC(=O)[C@@H](N)Cc4ccc(F)cc4)ncnn23)OC(CO)C(OC(=O)CC2(N)CCCCC2)C1O. The van der Waals surface area contributed by atoms with Gasteiger partial charge in [-0.05, 0) is 49.1 Å². The second-order valence-corrected chi connectivity index (χ2v) is 11.2. The summed E-state index contributed by atoms with van der Waals surface area (Å²) in [5, 5.41) is 38.5. The number of anilines is 1. The zero-order chi connectivity index (χ0) is 30.8. The van der Waals surface area contributed by atoms with Gasteiger partial charge in [0.2, 0.25) is 11.5 Å². The van der Waals surface area contributed by atoms with Gasteiger partial charge in [-0.25, -0.2) is 13.9 Å². The third-order valence-corrected chi connectivity index (χ3v) is 8.17. The number of carbonyl (C=O) groups excluding carboxylic acids is 2. The van der Waals surface area contributed by atoms with Gasteiger partial charge in [-0.15, -0.1) is 0 Å². The first-order valence-corrected chi connectivity index (χ1v) is 14.1. The lowest BCUT2D eigenvalue weighted by Crippen LogP contribution is -2.47. The van der Waals surface area contributed by atoms with Crippen molar-refractivity contribution in [3.8, 4) is 6.07 Å². The van der Waals surface area contributed by atoms with Crippen LogP contribution in [0.3, 0.4) is 0 Å². The highest BCUT2D eigenvalue weighted by Crippen LogP contribution is 2.42. The maximum Gasteiger partial charge on any atom is 0.308 e. The number of aromatic nitrogens is 3. The molecule has 2 fully saturated rings. The monoisotopic (exact) mass is 595 g/mol. The Bertz CT molecular complexity index is 1520. The number of hydrogen-bond acceptors (Lipinski definition) is 11. The van der Waals surface area contributed by atoms with Crippen LogP contribution in [0, 0.1) is 17.1 Å². The molecular formula is C29H34FN7O6. The average molecular weight is 596 g/mol. The lowest BCUT2D eigenvalue weighted by molar-refractivity contribution is -0.158. The maximum absolute atomic E-state index is 13.2. The number of carbonyl (C=O) groups is 2. The van der Waals surface area contributed by atoms with Crippen molar-refractivity contribution < 1.29 is 33.7 Å². The molecule has 0 spiro atoms. The molecule has 1 aliphatic carbocycles. The number of halogens is 1. The van der Waals surface area contributed by atoms with E-state index in [1.165, 1.54) is 40.9 Å². The second kappa shape index (κ2) is 12.3. The van der Waals surface area contributed by atoms with Crippen molar-refractivity contribution >= 4 is 23.2 Å². The van der Waals surface area contributed by atoms with Crippen LogP contribution in [0.1, 0.15) is 49.8 Å². The predicted octanol–water partition coefficient (Wildman–Crippen LogP) is 0.811. The number of nitrogens with one attached hydrogen (secondary N) is 1. The Morgan fingerprint density at radius 1 is 1.23 bits per heavy atom. The number of ether oxygens (including phenoxy) is 2. The van der Waals surface area contributed by atoms with Gasteiger partial charge < -0.3 is 36.5 Å². The molecule has 2 aromatic heterocycles. The molecule has 1 saturated heterocycles. The molecule has 4 unspecified atom stereocenters. The van der Waals surface area contributed by atoms with Crippen LogP contribution in [0.25, 0.3) is 5.52 Å². The summed E-state index contributed by atoms with van der Waals surface area (Å²) in [4.78, 5) is 29.9. The molecule has 5 rings (SSSR count). The van der Waals surface area contributed by atoms with Gasteiger partial charge in [0.05, 0.1) is 24.8 Å². The molecule has 0 bridgehead atoms. The number of nitrogens with two attached hydrogens (primary N) is 2. The topological polar surface area (TPSA) is 211 Å². The van der Waals surface area contributed by atoms with Crippen molar-refractivity contribution in [1.29, 1.82) is 5.26 Å². The third-order valence-electron chi connectivity index (χ3n) is 8.17. The molecule has 13 nitrogen and oxygen atoms in total. The zero-order valence-corrected chi connectivity index (χ0v) is 23.4. The number of aliphatic hydroxyl groups is 2. The Kier molecular flexibility index (Phi) is 8.72. The summed E-state index contributed by atoms with van der Waals surface area (Å²) in [5.74, 6) is -1.56. The van der Waals surface area contributed by atoms with Gasteiger partial charge >= 0.3 is 5.97 Å². The molecule has 1 amide bonds. The molecule has 5 atom stereocenters. The van der Waals surface area contributed by atoms with E-state index < -0.39 is 59.8 Å². The van der Waals surface area contributed by atoms with Gasteiger partial charge in [-0.1, -0.05) is 31.4 Å². The van der Waals surface area contributed by atoms with E-state index in [1.807, 2.05) is 6.07 Å². The lowest BCUT2D eigenvalue weighted by Gasteiger charge is -2.33. The molecule has 1 aliphatic heterocycles. The van der Waals surface area contributed by atoms with Gasteiger partial charge in [0.15, 0.2) is 11.9 Å². The van der Waals surface area contributed by atoms with Crippen LogP contribution in [-0.2, 0) is 31.1 Å². The van der Waals surface area contributed by atoms with Crippen molar-refractivity contribution in [2.24, 2.45) is 11.5 Å². The predicted molar refractivity (Wildman–Crippen MR) is 149 cm³/mol. The Morgan fingerprint density at radius 2 is 1.95 bits per heavy atom. The number of amides is 1. The summed E-state index contributed by atoms with van der Waals surface area (Å²) in [5.41, 5.74) is 10.7. The van der Waals surface area contributed by atoms with E-state index in [0.717, 1.165) is 25.6 Å². The van der Waals surface area contributed by atoms with Crippen molar-refractivity contribution in [3.63, 3.8) is 0 Å². The van der Waals surface area contributed by atoms with E-state index in [0.29, 0.717) is 18.4 Å². The van der Waals surface area contributed by atoms with Crippen molar-refractivity contribution in [1.82, 2.24) is 14.6 Å². The quantitative estimate of drug-likeness (QED) is 0.218. The molecule has 1 aromatic carbocycles. The number of hydrogen-bond donors (Lipinski definition) is 5. The molecule has 43 heavy (non-hydrogen) atoms. The fraction of sp³-hybridized carbons (Fsp3) is 0.483. The first-order chi connectivity index (χ1) is 20.6. The first kappa shape index (κ1) is 30.5. The molecule has 2 aliphatic rings. The van der Waals surface area contributed by atoms with Gasteiger partial charge in [-0.3, -0.25) is 9.59 Å². The van der Waals surface area contributed by atoms with E-state index in [9.17, 15) is 29.5 Å². The summed E-state index contributed by atoms with van der Waals surface area (Å²) in [6, 6.07) is 9.59. The Hall–Kier alpha value is -4.00. The normalized spacial score (nSPS) is 25.6. The van der Waals surface area contributed by atoms with Gasteiger partial charge in [0.1, 0.15) is 35.9 Å². The Labute approximate surface area is 246 Å². The molecule has 0 radical (unpaired) electrons. The number of nitriles is 1. The number of esters is 1. The standard InChI is InChI=1S/C29H34FN7O6/c30-18-6-4-17(5-7-18)12-19(32)27(41)36-26-20-8-9-22(37(20)35-16-34-26)29(15-31)25(40)24(21(14-38)43-29)42-23(39)13-28(33)10-2-1-3-11-28/h4-9,16,19,21,24-25,38,40H,1-3,10-14,32-33H2,(H,34,35,36,41)/t19-,21?,24?,25?,29?/m0/s1. The summed E-state index contributed by atoms with van der Waals surface area (Å²) >= 11 is 0. The molecule has 3 aromatic rings. The van der Waals surface area contributed by atoms with Crippen LogP contribution in [0.2, 0.25) is 0 Å². The minimum Gasteiger partial charge on any atom is -0.456 e. The molecule has 1 saturated carbocycles. The summed E-state index contributed by atoms with van der Waals surface area (Å²) in [6.07, 6.45) is 1.13. The summed E-state index contributed by atoms with van der Waals surface area (Å²) < 4.78 is 25.9. The van der Waals surface area contributed by atoms with Crippen molar-refractivity contribution in [2.45, 2.75) is 80.4 Å². The van der Waals surface area contributed by atoms with Gasteiger partial charge in [0.25, 0.3) is 0 Å². The van der Waals surface area contributed by atoms with E-state index in [4.69, 9.17) is 20.9 Å². The van der Waals surface area contributed by atoms with Crippen LogP contribution in [-0.4, -0.2) is 73.2 Å². The van der Waals surface area contributed by atoms with Crippen molar-refractivity contribution in [2.75, 3.05) is 11.9 Å². The minimum absolute atomic E-state index is 0.0607. The molecular weight excluding hydrogens is 561 g/mol. The van der Waals surface area contributed by atoms with Crippen LogP contribution in [0.15, 0.2) is 42.7 Å². The molecule has 3 heterocycles. The number of rotatable bonds is 9. The van der Waals surface area contributed by atoms with Crippen LogP contribution in [0.5, 0.6) is 0 Å². The zero-order valence-electron chi connectivity index (χ0n) is 23.4. The smallest absolute Gasteiger partial charge is 0.308 e. The Balaban J connectivity index is 1.36. The van der Waals surface area contributed by atoms with E-state index in [1.54, 1.807) is 0 Å². The number of fused-ring (bicyclic) bond motifs is 1. The number of nitrogens with zero attached hydrogens (tertiary/aromatic N) is 4. The molecule has 228 valence electrons. The largest absolute Gasteiger partial charge is 0.456 e. The van der Waals surface area contributed by atoms with Gasteiger partial charge in [-0.2, -0.15) is 10.4 Å². The van der Waals surface area contributed by atoms with Crippen LogP contribution >= 0.6 is 0 Å². The highest BCUT2D eigenvalue weighted by atomic mass is 19.1. The fourth-order valence-corrected chi connectivity index (χ4v) is 5.85. The third kappa shape index (κ3) is 6.08. The molecule has 7 N–H and O–H groups in total. The molecule has 14 heteroatoms. The number of aliphatic hydroxyl groups excluding tert-OH is 2. The highest BCUT2D eigenvalue weighted by Gasteiger charge is 2.59. The van der Waals surface area contributed by atoms with Gasteiger partial charge in [0, 0.05) is 5.54 Å². The van der Waals surface area contributed by atoms with Crippen molar-refractivity contribution in [3.05, 3.63) is 59.8 Å². The van der Waals surface area contributed by atoms with Crippen LogP contribution in [0.4, 0.5) is 10.2 Å². The highest BCUT2D eigenvalue weighted by molar-refractivity contribution is 5.97. The average Bonchev–Trinajstić information content (AvgIpc) is 3.54. The van der Waals surface area contributed by atoms with E-state index >= 15 is 0 Å². The first-order valence-electron chi connectivity index (χ1n) is 14.1. The Morgan fingerprint density at radius 3 is 2.63 bits per heavy atom. The second-order valence-electron chi connectivity index (χ2n) is 11.2. The van der Waals surface area contributed by atoms with E-state index in [-0.39, 0.29) is 29.9 Å². The summed E-state index contributed by atoms with van der Waals surface area (Å²) in [7, 11) is 0. The lowest BCUT2D eigenvalue weighted by atomic mass is 9.80. The minimum atomic E-state index is -2.09. The fourth-order valence-electron chi connectivity index (χ4n) is 5.85. The maximum atomic E-state index is 13.2. The summed E-state index contributed by atoms with van der Waals surface area (Å²) in [6.45, 7) is -0.641. The van der Waals surface area contributed by atoms with E-state index in [2.05, 4.69) is 15.4 Å².